The molecule has 116 valence electrons. The average molecular weight is 322 g/mol. The van der Waals surface area contributed by atoms with Gasteiger partial charge < -0.3 is 10.2 Å². The Morgan fingerprint density at radius 3 is 2.77 bits per heavy atom. The molecule has 1 amide bonds. The molecule has 22 heavy (non-hydrogen) atoms. The molecule has 3 heterocycles. The Morgan fingerprint density at radius 2 is 2.23 bits per heavy atom. The van der Waals surface area contributed by atoms with Crippen molar-refractivity contribution < 1.29 is 19.8 Å². The molecular weight excluding hydrogens is 308 g/mol. The first kappa shape index (κ1) is 14.8. The second-order valence-electron chi connectivity index (χ2n) is 5.15. The monoisotopic (exact) mass is 322 g/mol. The number of aromatic nitrogens is 3. The van der Waals surface area contributed by atoms with E-state index in [1.165, 1.54) is 28.3 Å². The minimum atomic E-state index is -1.16. The normalized spacial score (nSPS) is 25.6. The quantitative estimate of drug-likeness (QED) is 0.753. The molecule has 0 radical (unpaired) electrons. The molecule has 0 spiro atoms. The molecule has 2 aliphatic heterocycles. The summed E-state index contributed by atoms with van der Waals surface area (Å²) in [5.74, 6) is -2.08. The predicted molar refractivity (Wildman–Crippen MR) is 78.1 cm³/mol. The molecule has 1 fully saturated rings. The number of carbonyl (C=O) groups is 2. The Morgan fingerprint density at radius 1 is 1.50 bits per heavy atom. The van der Waals surface area contributed by atoms with E-state index < -0.39 is 18.0 Å². The first-order chi connectivity index (χ1) is 10.4. The van der Waals surface area contributed by atoms with Crippen LogP contribution in [0.2, 0.25) is 0 Å². The van der Waals surface area contributed by atoms with Gasteiger partial charge in [-0.25, -0.2) is 4.79 Å². The van der Waals surface area contributed by atoms with Crippen LogP contribution in [-0.2, 0) is 16.6 Å². The molecule has 1 aromatic heterocycles. The Labute approximate surface area is 130 Å². The number of fused-ring (bicyclic) bond motifs is 1. The summed E-state index contributed by atoms with van der Waals surface area (Å²) in [4.78, 5) is 25.2. The van der Waals surface area contributed by atoms with Crippen molar-refractivity contribution in [1.82, 2.24) is 19.9 Å². The molecule has 0 aliphatic carbocycles. The lowest BCUT2D eigenvalue weighted by molar-refractivity contribution is -0.156. The van der Waals surface area contributed by atoms with Gasteiger partial charge in [0.25, 0.3) is 0 Å². The van der Waals surface area contributed by atoms with Crippen LogP contribution in [0.25, 0.3) is 6.08 Å². The van der Waals surface area contributed by atoms with Crippen LogP contribution in [0.15, 0.2) is 22.9 Å². The highest BCUT2D eigenvalue weighted by molar-refractivity contribution is 8.04. The molecule has 1 saturated heterocycles. The number of aliphatic hydroxyl groups is 1. The fourth-order valence-corrected chi connectivity index (χ4v) is 4.04. The summed E-state index contributed by atoms with van der Waals surface area (Å²) in [6.45, 7) is 1.54. The Hall–Kier alpha value is -2.13. The minimum Gasteiger partial charge on any atom is -0.477 e. The highest BCUT2D eigenvalue weighted by Crippen LogP contribution is 2.50. The summed E-state index contributed by atoms with van der Waals surface area (Å²) >= 11 is 1.27. The van der Waals surface area contributed by atoms with E-state index in [0.717, 1.165) is 0 Å². The van der Waals surface area contributed by atoms with Crippen LogP contribution in [0.4, 0.5) is 0 Å². The lowest BCUT2D eigenvalue weighted by Crippen LogP contribution is -2.60. The largest absolute Gasteiger partial charge is 0.477 e. The van der Waals surface area contributed by atoms with E-state index in [1.54, 1.807) is 25.4 Å². The first-order valence-electron chi connectivity index (χ1n) is 6.60. The molecule has 1 unspecified atom stereocenters. The zero-order valence-corrected chi connectivity index (χ0v) is 12.7. The van der Waals surface area contributed by atoms with Crippen LogP contribution in [0.5, 0.6) is 0 Å². The van der Waals surface area contributed by atoms with Crippen molar-refractivity contribution in [2.24, 2.45) is 13.0 Å². The highest BCUT2D eigenvalue weighted by Gasteiger charge is 2.57. The maximum Gasteiger partial charge on any atom is 0.353 e. The van der Waals surface area contributed by atoms with E-state index in [0.29, 0.717) is 10.6 Å². The van der Waals surface area contributed by atoms with Crippen LogP contribution in [-0.4, -0.2) is 53.5 Å². The molecule has 2 aliphatic rings. The van der Waals surface area contributed by atoms with Crippen molar-refractivity contribution in [3.05, 3.63) is 28.6 Å². The van der Waals surface area contributed by atoms with Crippen molar-refractivity contribution in [3.8, 4) is 0 Å². The summed E-state index contributed by atoms with van der Waals surface area (Å²) in [5, 5.41) is 26.3. The number of carboxylic acids is 1. The number of thioether (sulfide) groups is 1. The number of β-lactam (4-membered cyclic amide) rings is 1. The Balaban J connectivity index is 1.88. The van der Waals surface area contributed by atoms with E-state index >= 15 is 0 Å². The lowest BCUT2D eigenvalue weighted by atomic mass is 9.92. The number of aryl methyl sites for hydroxylation is 1. The van der Waals surface area contributed by atoms with Crippen molar-refractivity contribution >= 4 is 29.7 Å². The van der Waals surface area contributed by atoms with Gasteiger partial charge in [-0.15, -0.1) is 5.10 Å². The number of carbonyl (C=O) groups excluding carboxylic acids is 1. The van der Waals surface area contributed by atoms with E-state index in [2.05, 4.69) is 10.3 Å². The molecule has 9 heteroatoms. The van der Waals surface area contributed by atoms with Gasteiger partial charge in [0.15, 0.2) is 0 Å². The summed E-state index contributed by atoms with van der Waals surface area (Å²) in [7, 11) is 1.73. The summed E-state index contributed by atoms with van der Waals surface area (Å²) in [5.41, 5.74) is 0.546. The van der Waals surface area contributed by atoms with Crippen molar-refractivity contribution in [2.45, 2.75) is 18.4 Å². The topological polar surface area (TPSA) is 109 Å². The molecule has 3 rings (SSSR count). The van der Waals surface area contributed by atoms with Crippen LogP contribution in [0.3, 0.4) is 0 Å². The molecule has 8 nitrogen and oxygen atoms in total. The maximum absolute atomic E-state index is 12.0. The second kappa shape index (κ2) is 5.25. The van der Waals surface area contributed by atoms with Crippen LogP contribution in [0, 0.1) is 5.92 Å². The van der Waals surface area contributed by atoms with Gasteiger partial charge in [-0.3, -0.25) is 14.4 Å². The second-order valence-corrected chi connectivity index (χ2v) is 6.31. The predicted octanol–water partition coefficient (Wildman–Crippen LogP) is 0.0366. The third kappa shape index (κ3) is 2.22. The number of hydrogen-bond acceptors (Lipinski definition) is 6. The van der Waals surface area contributed by atoms with Gasteiger partial charge in [0, 0.05) is 12.0 Å². The zero-order chi connectivity index (χ0) is 16.0. The number of carboxylic acid groups (broad SMARTS) is 1. The lowest BCUT2D eigenvalue weighted by Gasteiger charge is -2.43. The summed E-state index contributed by atoms with van der Waals surface area (Å²) < 4.78 is 1.54. The fraction of sp³-hybridized carbons (Fsp3) is 0.385. The van der Waals surface area contributed by atoms with Gasteiger partial charge in [-0.05, 0) is 19.1 Å². The standard InChI is InChI=1S/C13H14N4O4S/c1-6(18)9-11(19)17-10(13(20)21)8(22-12(9)17)4-3-7-5-16(2)15-14-7/h3-6,9,12,18H,1-2H3,(H,20,21)/b4-3+/t6?,9-,12+/m0/s1. The number of allylic oxidation sites excluding steroid dienone is 1. The number of hydrogen-bond donors (Lipinski definition) is 2. The first-order valence-corrected chi connectivity index (χ1v) is 7.48. The number of aliphatic carboxylic acids is 1. The summed E-state index contributed by atoms with van der Waals surface area (Å²) in [6.07, 6.45) is 4.14. The smallest absolute Gasteiger partial charge is 0.353 e. The van der Waals surface area contributed by atoms with E-state index in [4.69, 9.17) is 0 Å². The number of nitrogens with zero attached hydrogens (tertiary/aromatic N) is 4. The van der Waals surface area contributed by atoms with E-state index in [9.17, 15) is 19.8 Å². The van der Waals surface area contributed by atoms with Crippen LogP contribution in [0.1, 0.15) is 12.6 Å². The van der Waals surface area contributed by atoms with Crippen LogP contribution >= 0.6 is 11.8 Å². The maximum atomic E-state index is 12.0. The molecule has 2 N–H and O–H groups in total. The van der Waals surface area contributed by atoms with Gasteiger partial charge >= 0.3 is 5.97 Å². The van der Waals surface area contributed by atoms with Gasteiger partial charge in [-0.2, -0.15) is 0 Å². The van der Waals surface area contributed by atoms with E-state index in [-0.39, 0.29) is 17.0 Å². The summed E-state index contributed by atoms with van der Waals surface area (Å²) in [6, 6.07) is 0. The average Bonchev–Trinajstić information content (AvgIpc) is 2.97. The van der Waals surface area contributed by atoms with Gasteiger partial charge in [0.1, 0.15) is 16.8 Å². The zero-order valence-electron chi connectivity index (χ0n) is 11.9. The molecule has 0 saturated carbocycles. The van der Waals surface area contributed by atoms with Crippen molar-refractivity contribution in [1.29, 1.82) is 0 Å². The number of rotatable bonds is 4. The molecule has 0 bridgehead atoms. The fourth-order valence-electron chi connectivity index (χ4n) is 2.53. The molecule has 1 aromatic rings. The van der Waals surface area contributed by atoms with Crippen molar-refractivity contribution in [3.63, 3.8) is 0 Å². The minimum absolute atomic E-state index is 0.0444. The Bertz CT molecular complexity index is 709. The van der Waals surface area contributed by atoms with E-state index in [1.807, 2.05) is 0 Å². The molecular formula is C13H14N4O4S. The highest BCUT2D eigenvalue weighted by atomic mass is 32.2. The molecule has 0 aromatic carbocycles. The third-order valence-electron chi connectivity index (χ3n) is 3.55. The SMILES string of the molecule is CC(O)[C@H]1C(=O)N2C(C(=O)O)=C(/C=C/c3cn(C)nn3)S[C@H]12. The Kier molecular flexibility index (Phi) is 3.53. The van der Waals surface area contributed by atoms with Gasteiger partial charge in [0.05, 0.1) is 18.2 Å². The van der Waals surface area contributed by atoms with Gasteiger partial charge in [0.2, 0.25) is 5.91 Å². The number of aliphatic hydroxyl groups excluding tert-OH is 1. The molecule has 3 atom stereocenters. The van der Waals surface area contributed by atoms with Crippen molar-refractivity contribution in [2.75, 3.05) is 0 Å². The third-order valence-corrected chi connectivity index (χ3v) is 4.88. The van der Waals surface area contributed by atoms with Crippen LogP contribution < -0.4 is 0 Å². The van der Waals surface area contributed by atoms with Gasteiger partial charge in [-0.1, -0.05) is 17.0 Å². The number of amides is 1.